The van der Waals surface area contributed by atoms with E-state index in [1.807, 2.05) is 23.1 Å². The van der Waals surface area contributed by atoms with Crippen LogP contribution in [0.15, 0.2) is 65.5 Å². The molecule has 0 unspecified atom stereocenters. The van der Waals surface area contributed by atoms with E-state index in [1.54, 1.807) is 6.92 Å². The second-order valence-corrected chi connectivity index (χ2v) is 7.49. The van der Waals surface area contributed by atoms with Crippen LogP contribution in [0.25, 0.3) is 0 Å². The topological polar surface area (TPSA) is 70.5 Å². The molecule has 1 fully saturated rings. The van der Waals surface area contributed by atoms with Gasteiger partial charge in [0.15, 0.2) is 0 Å². The Balaban J connectivity index is 1.50. The summed E-state index contributed by atoms with van der Waals surface area (Å²) in [6.07, 6.45) is 0. The summed E-state index contributed by atoms with van der Waals surface area (Å²) in [5.74, 6) is -0.260. The third-order valence-electron chi connectivity index (χ3n) is 5.23. The van der Waals surface area contributed by atoms with Crippen LogP contribution in [-0.2, 0) is 11.3 Å². The van der Waals surface area contributed by atoms with Crippen LogP contribution in [0.1, 0.15) is 5.69 Å². The molecule has 3 aromatic rings. The summed E-state index contributed by atoms with van der Waals surface area (Å²) >= 11 is 0. The molecule has 1 aliphatic heterocycles. The van der Waals surface area contributed by atoms with Crippen LogP contribution in [0, 0.1) is 12.7 Å². The van der Waals surface area contributed by atoms with Crippen molar-refractivity contribution in [1.29, 1.82) is 0 Å². The number of rotatable bonds is 5. The number of aryl methyl sites for hydroxylation is 1. The average molecular weight is 421 g/mol. The molecular formula is C23H24FN5O2. The molecule has 31 heavy (non-hydrogen) atoms. The molecule has 1 aromatic heterocycles. The maximum absolute atomic E-state index is 13.1. The number of nitrogens with one attached hydrogen (secondary N) is 1. The van der Waals surface area contributed by atoms with Crippen molar-refractivity contribution in [2.75, 3.05) is 41.3 Å². The summed E-state index contributed by atoms with van der Waals surface area (Å²) in [5, 5.41) is 2.70. The lowest BCUT2D eigenvalue weighted by molar-refractivity contribution is -0.116. The van der Waals surface area contributed by atoms with Crippen molar-refractivity contribution < 1.29 is 9.18 Å². The van der Waals surface area contributed by atoms with Gasteiger partial charge < -0.3 is 15.1 Å². The van der Waals surface area contributed by atoms with Gasteiger partial charge in [0.2, 0.25) is 11.9 Å². The summed E-state index contributed by atoms with van der Waals surface area (Å²) in [6.45, 7) is 4.55. The number of carbonyl (C=O) groups is 1. The van der Waals surface area contributed by atoms with Gasteiger partial charge in [-0.2, -0.15) is 0 Å². The minimum absolute atomic E-state index is 0.169. The van der Waals surface area contributed by atoms with Gasteiger partial charge in [-0.1, -0.05) is 18.2 Å². The summed E-state index contributed by atoms with van der Waals surface area (Å²) in [5.41, 5.74) is 1.97. The molecule has 7 nitrogen and oxygen atoms in total. The lowest BCUT2D eigenvalue weighted by Crippen LogP contribution is -2.48. The van der Waals surface area contributed by atoms with Crippen molar-refractivity contribution >= 4 is 23.2 Å². The SMILES string of the molecule is Cc1cc(=O)n(CC(=O)Nc2ccc(F)cc2)c(N2CCN(c3ccccc3)CC2)n1. The number of para-hydroxylation sites is 1. The fraction of sp³-hybridized carbons (Fsp3) is 0.261. The third kappa shape index (κ3) is 4.91. The molecule has 0 atom stereocenters. The molecule has 0 radical (unpaired) electrons. The van der Waals surface area contributed by atoms with Gasteiger partial charge in [0.25, 0.3) is 5.56 Å². The van der Waals surface area contributed by atoms with Crippen molar-refractivity contribution in [2.45, 2.75) is 13.5 Å². The van der Waals surface area contributed by atoms with Crippen molar-refractivity contribution in [3.8, 4) is 0 Å². The first-order valence-corrected chi connectivity index (χ1v) is 10.2. The Kier molecular flexibility index (Phi) is 5.97. The molecule has 8 heteroatoms. The van der Waals surface area contributed by atoms with Crippen molar-refractivity contribution in [3.63, 3.8) is 0 Å². The first-order chi connectivity index (χ1) is 15.0. The predicted molar refractivity (Wildman–Crippen MR) is 119 cm³/mol. The number of benzene rings is 2. The van der Waals surface area contributed by atoms with Crippen LogP contribution in [0.3, 0.4) is 0 Å². The maximum atomic E-state index is 13.1. The van der Waals surface area contributed by atoms with Crippen molar-refractivity contribution in [3.05, 3.63) is 82.5 Å². The van der Waals surface area contributed by atoms with Crippen LogP contribution < -0.4 is 20.7 Å². The molecule has 0 spiro atoms. The summed E-state index contributed by atoms with van der Waals surface area (Å²) < 4.78 is 14.5. The zero-order valence-corrected chi connectivity index (χ0v) is 17.3. The minimum Gasteiger partial charge on any atom is -0.368 e. The van der Waals surface area contributed by atoms with Gasteiger partial charge in [0.1, 0.15) is 12.4 Å². The van der Waals surface area contributed by atoms with E-state index in [-0.39, 0.29) is 23.8 Å². The Bertz CT molecular complexity index is 1110. The second kappa shape index (κ2) is 8.99. The molecule has 0 bridgehead atoms. The Hall–Kier alpha value is -3.68. The fourth-order valence-electron chi connectivity index (χ4n) is 3.68. The zero-order valence-electron chi connectivity index (χ0n) is 17.3. The van der Waals surface area contributed by atoms with Gasteiger partial charge in [-0.25, -0.2) is 9.37 Å². The molecule has 0 saturated carbocycles. The van der Waals surface area contributed by atoms with Gasteiger partial charge in [-0.3, -0.25) is 14.2 Å². The number of nitrogens with zero attached hydrogens (tertiary/aromatic N) is 4. The van der Waals surface area contributed by atoms with E-state index < -0.39 is 0 Å². The number of halogens is 1. The summed E-state index contributed by atoms with van der Waals surface area (Å²) in [4.78, 5) is 34.1. The number of aromatic nitrogens is 2. The highest BCUT2D eigenvalue weighted by molar-refractivity contribution is 5.90. The van der Waals surface area contributed by atoms with Crippen LogP contribution in [-0.4, -0.2) is 41.6 Å². The quantitative estimate of drug-likeness (QED) is 0.686. The van der Waals surface area contributed by atoms with Gasteiger partial charge >= 0.3 is 0 Å². The predicted octanol–water partition coefficient (Wildman–Crippen LogP) is 2.66. The normalized spacial score (nSPS) is 13.9. The van der Waals surface area contributed by atoms with Crippen LogP contribution >= 0.6 is 0 Å². The molecule has 1 saturated heterocycles. The fourth-order valence-corrected chi connectivity index (χ4v) is 3.68. The molecule has 160 valence electrons. The van der Waals surface area contributed by atoms with E-state index in [2.05, 4.69) is 27.3 Å². The molecule has 1 aliphatic rings. The smallest absolute Gasteiger partial charge is 0.255 e. The number of amides is 1. The molecule has 2 heterocycles. The number of piperazine rings is 1. The highest BCUT2D eigenvalue weighted by Crippen LogP contribution is 2.19. The lowest BCUT2D eigenvalue weighted by Gasteiger charge is -2.37. The Morgan fingerprint density at radius 1 is 1.00 bits per heavy atom. The Labute approximate surface area is 179 Å². The number of carbonyl (C=O) groups excluding carboxylic acids is 1. The molecule has 1 N–H and O–H groups in total. The van der Waals surface area contributed by atoms with Crippen LogP contribution in [0.4, 0.5) is 21.7 Å². The van der Waals surface area contributed by atoms with Crippen LogP contribution in [0.2, 0.25) is 0 Å². The molecule has 1 amide bonds. The number of anilines is 3. The van der Waals surface area contributed by atoms with Gasteiger partial charge in [-0.05, 0) is 43.3 Å². The maximum Gasteiger partial charge on any atom is 0.255 e. The molecule has 4 rings (SSSR count). The molecule has 2 aromatic carbocycles. The van der Waals surface area contributed by atoms with E-state index in [9.17, 15) is 14.0 Å². The summed E-state index contributed by atoms with van der Waals surface area (Å²) in [7, 11) is 0. The number of hydrogen-bond acceptors (Lipinski definition) is 5. The monoisotopic (exact) mass is 421 g/mol. The minimum atomic E-state index is -0.381. The number of hydrogen-bond donors (Lipinski definition) is 1. The van der Waals surface area contributed by atoms with Crippen molar-refractivity contribution in [1.82, 2.24) is 9.55 Å². The first-order valence-electron chi connectivity index (χ1n) is 10.2. The highest BCUT2D eigenvalue weighted by atomic mass is 19.1. The Morgan fingerprint density at radius 3 is 2.32 bits per heavy atom. The van der Waals surface area contributed by atoms with E-state index in [1.165, 1.54) is 34.9 Å². The molecular weight excluding hydrogens is 397 g/mol. The van der Waals surface area contributed by atoms with Crippen LogP contribution in [0.5, 0.6) is 0 Å². The zero-order chi connectivity index (χ0) is 21.8. The third-order valence-corrected chi connectivity index (χ3v) is 5.23. The van der Waals surface area contributed by atoms with E-state index in [0.29, 0.717) is 30.4 Å². The summed E-state index contributed by atoms with van der Waals surface area (Å²) in [6, 6.07) is 17.1. The van der Waals surface area contributed by atoms with E-state index in [0.717, 1.165) is 18.8 Å². The lowest BCUT2D eigenvalue weighted by atomic mass is 10.2. The van der Waals surface area contributed by atoms with Gasteiger partial charge in [0, 0.05) is 49.3 Å². The average Bonchev–Trinajstić information content (AvgIpc) is 2.78. The van der Waals surface area contributed by atoms with Gasteiger partial charge in [0.05, 0.1) is 0 Å². The standard InChI is InChI=1S/C23H24FN5O2/c1-17-15-22(31)29(16-21(30)26-19-9-7-18(24)8-10-19)23(25-17)28-13-11-27(12-14-28)20-5-3-2-4-6-20/h2-10,15H,11-14,16H2,1H3,(H,26,30). The second-order valence-electron chi connectivity index (χ2n) is 7.49. The largest absolute Gasteiger partial charge is 0.368 e. The Morgan fingerprint density at radius 2 is 1.65 bits per heavy atom. The van der Waals surface area contributed by atoms with Gasteiger partial charge in [-0.15, -0.1) is 0 Å². The first kappa shape index (κ1) is 20.6. The van der Waals surface area contributed by atoms with Crippen molar-refractivity contribution in [2.24, 2.45) is 0 Å². The molecule has 0 aliphatic carbocycles. The van der Waals surface area contributed by atoms with E-state index in [4.69, 9.17) is 0 Å². The highest BCUT2D eigenvalue weighted by Gasteiger charge is 2.22. The van der Waals surface area contributed by atoms with E-state index >= 15 is 0 Å².